The van der Waals surface area contributed by atoms with Gasteiger partial charge in [-0.1, -0.05) is 6.07 Å². The van der Waals surface area contributed by atoms with Gasteiger partial charge < -0.3 is 14.5 Å². The molecule has 0 unspecified atom stereocenters. The molecule has 2 aromatic rings. The first kappa shape index (κ1) is 11.4. The van der Waals surface area contributed by atoms with Crippen LogP contribution in [-0.4, -0.2) is 17.1 Å². The number of rotatable bonds is 4. The minimum absolute atomic E-state index is 0.509. The lowest BCUT2D eigenvalue weighted by molar-refractivity contribution is 0.398. The Morgan fingerprint density at radius 1 is 1.29 bits per heavy atom. The molecule has 0 saturated heterocycles. The summed E-state index contributed by atoms with van der Waals surface area (Å²) in [6, 6.07) is 5.54. The molecule has 0 aliphatic heterocycles. The number of pyridine rings is 1. The number of nitrogens with zero attached hydrogens (tertiary/aromatic N) is 2. The van der Waals surface area contributed by atoms with E-state index in [0.29, 0.717) is 18.3 Å². The number of aromatic nitrogens is 2. The van der Waals surface area contributed by atoms with Gasteiger partial charge in [0.15, 0.2) is 0 Å². The molecule has 1 N–H and O–H groups in total. The van der Waals surface area contributed by atoms with Crippen LogP contribution in [0.5, 0.6) is 5.88 Å². The summed E-state index contributed by atoms with van der Waals surface area (Å²) in [5, 5.41) is 3.13. The van der Waals surface area contributed by atoms with Gasteiger partial charge >= 0.3 is 0 Å². The third-order valence-corrected chi connectivity index (χ3v) is 2.43. The lowest BCUT2D eigenvalue weighted by Crippen LogP contribution is -2.02. The fourth-order valence-corrected chi connectivity index (χ4v) is 1.41. The zero-order chi connectivity index (χ0) is 12.3. The van der Waals surface area contributed by atoms with E-state index >= 15 is 0 Å². The second-order valence-corrected chi connectivity index (χ2v) is 3.67. The standard InChI is InChI=1S/C12H15N3O2/c1-8-9(2)17-12(14-8)7-13-10-5-4-6-11(15-10)16-3/h4-6H,7H2,1-3H3,(H,13,15). The number of ether oxygens (including phenoxy) is 1. The van der Waals surface area contributed by atoms with Crippen molar-refractivity contribution >= 4 is 5.82 Å². The van der Waals surface area contributed by atoms with Gasteiger partial charge in [-0.2, -0.15) is 4.98 Å². The van der Waals surface area contributed by atoms with Crippen LogP contribution in [0.1, 0.15) is 17.3 Å². The summed E-state index contributed by atoms with van der Waals surface area (Å²) in [6.07, 6.45) is 0. The van der Waals surface area contributed by atoms with Crippen molar-refractivity contribution in [1.82, 2.24) is 9.97 Å². The van der Waals surface area contributed by atoms with Gasteiger partial charge in [-0.25, -0.2) is 4.98 Å². The van der Waals surface area contributed by atoms with Crippen molar-refractivity contribution < 1.29 is 9.15 Å². The summed E-state index contributed by atoms with van der Waals surface area (Å²) in [4.78, 5) is 8.51. The van der Waals surface area contributed by atoms with E-state index in [1.165, 1.54) is 0 Å². The summed E-state index contributed by atoms with van der Waals surface area (Å²) in [5.41, 5.74) is 0.917. The number of nitrogens with one attached hydrogen (secondary N) is 1. The molecule has 0 spiro atoms. The number of methoxy groups -OCH3 is 1. The van der Waals surface area contributed by atoms with Crippen molar-refractivity contribution in [3.05, 3.63) is 35.5 Å². The average Bonchev–Trinajstić information content (AvgIpc) is 2.67. The van der Waals surface area contributed by atoms with Gasteiger partial charge in [0.25, 0.3) is 0 Å². The highest BCUT2D eigenvalue weighted by Crippen LogP contribution is 2.13. The summed E-state index contributed by atoms with van der Waals surface area (Å²) in [7, 11) is 1.59. The molecule has 0 amide bonds. The molecule has 0 bridgehead atoms. The predicted molar refractivity (Wildman–Crippen MR) is 64.1 cm³/mol. The van der Waals surface area contributed by atoms with Gasteiger partial charge in [0.1, 0.15) is 11.6 Å². The quantitative estimate of drug-likeness (QED) is 0.878. The second kappa shape index (κ2) is 4.86. The van der Waals surface area contributed by atoms with E-state index in [4.69, 9.17) is 9.15 Å². The fraction of sp³-hybridized carbons (Fsp3) is 0.333. The van der Waals surface area contributed by atoms with Crippen LogP contribution < -0.4 is 10.1 Å². The first-order valence-electron chi connectivity index (χ1n) is 5.37. The van der Waals surface area contributed by atoms with Crippen molar-refractivity contribution in [3.63, 3.8) is 0 Å². The lowest BCUT2D eigenvalue weighted by atomic mass is 10.4. The van der Waals surface area contributed by atoms with Crippen LogP contribution in [0.4, 0.5) is 5.82 Å². The van der Waals surface area contributed by atoms with Gasteiger partial charge in [-0.05, 0) is 19.9 Å². The Morgan fingerprint density at radius 2 is 2.12 bits per heavy atom. The highest BCUT2D eigenvalue weighted by Gasteiger charge is 2.05. The number of hydrogen-bond donors (Lipinski definition) is 1. The molecule has 5 nitrogen and oxygen atoms in total. The van der Waals surface area contributed by atoms with E-state index in [2.05, 4.69) is 15.3 Å². The van der Waals surface area contributed by atoms with E-state index in [0.717, 1.165) is 17.3 Å². The summed E-state index contributed by atoms with van der Waals surface area (Å²) >= 11 is 0. The number of aryl methyl sites for hydroxylation is 2. The smallest absolute Gasteiger partial charge is 0.214 e. The molecule has 0 saturated carbocycles. The molecular weight excluding hydrogens is 218 g/mol. The van der Waals surface area contributed by atoms with Crippen LogP contribution in [0.3, 0.4) is 0 Å². The maximum absolute atomic E-state index is 5.46. The first-order chi connectivity index (χ1) is 8.19. The van der Waals surface area contributed by atoms with Gasteiger partial charge in [-0.15, -0.1) is 0 Å². The molecule has 0 aliphatic rings. The zero-order valence-electron chi connectivity index (χ0n) is 10.2. The topological polar surface area (TPSA) is 60.2 Å². The minimum Gasteiger partial charge on any atom is -0.481 e. The van der Waals surface area contributed by atoms with E-state index in [1.807, 2.05) is 26.0 Å². The normalized spacial score (nSPS) is 10.3. The molecule has 0 radical (unpaired) electrons. The van der Waals surface area contributed by atoms with Crippen molar-refractivity contribution in [2.24, 2.45) is 0 Å². The Labute approximate surface area is 99.8 Å². The van der Waals surface area contributed by atoms with E-state index in [-0.39, 0.29) is 0 Å². The molecule has 90 valence electrons. The molecule has 0 aliphatic carbocycles. The molecule has 5 heteroatoms. The maximum atomic E-state index is 5.46. The lowest BCUT2D eigenvalue weighted by Gasteiger charge is -2.04. The summed E-state index contributed by atoms with van der Waals surface area (Å²) in [6.45, 7) is 4.33. The van der Waals surface area contributed by atoms with Gasteiger partial charge in [0.05, 0.1) is 19.3 Å². The van der Waals surface area contributed by atoms with Gasteiger partial charge in [-0.3, -0.25) is 0 Å². The SMILES string of the molecule is COc1cccc(NCc2nc(C)c(C)o2)n1. The molecule has 0 fully saturated rings. The van der Waals surface area contributed by atoms with Crippen LogP contribution in [0.2, 0.25) is 0 Å². The van der Waals surface area contributed by atoms with E-state index < -0.39 is 0 Å². The Kier molecular flexibility index (Phi) is 3.27. The van der Waals surface area contributed by atoms with Crippen LogP contribution in [0.25, 0.3) is 0 Å². The number of anilines is 1. The highest BCUT2D eigenvalue weighted by molar-refractivity contribution is 5.37. The Bertz CT molecular complexity index is 489. The third kappa shape index (κ3) is 2.75. The second-order valence-electron chi connectivity index (χ2n) is 3.67. The Morgan fingerprint density at radius 3 is 2.76 bits per heavy atom. The van der Waals surface area contributed by atoms with Crippen molar-refractivity contribution in [2.75, 3.05) is 12.4 Å². The minimum atomic E-state index is 0.509. The maximum Gasteiger partial charge on any atom is 0.214 e. The van der Waals surface area contributed by atoms with Crippen LogP contribution in [-0.2, 0) is 6.54 Å². The third-order valence-electron chi connectivity index (χ3n) is 2.43. The molecule has 0 atom stereocenters. The number of hydrogen-bond acceptors (Lipinski definition) is 5. The summed E-state index contributed by atoms with van der Waals surface area (Å²) < 4.78 is 10.5. The van der Waals surface area contributed by atoms with Crippen LogP contribution >= 0.6 is 0 Å². The highest BCUT2D eigenvalue weighted by atomic mass is 16.5. The summed E-state index contributed by atoms with van der Waals surface area (Å²) in [5.74, 6) is 2.82. The van der Waals surface area contributed by atoms with Crippen LogP contribution in [0, 0.1) is 13.8 Å². The van der Waals surface area contributed by atoms with Crippen LogP contribution in [0.15, 0.2) is 22.6 Å². The Hall–Kier alpha value is -2.04. The average molecular weight is 233 g/mol. The van der Waals surface area contributed by atoms with Crippen molar-refractivity contribution in [2.45, 2.75) is 20.4 Å². The molecule has 2 heterocycles. The molecule has 2 aromatic heterocycles. The monoisotopic (exact) mass is 233 g/mol. The molecule has 2 rings (SSSR count). The molecule has 17 heavy (non-hydrogen) atoms. The largest absolute Gasteiger partial charge is 0.481 e. The van der Waals surface area contributed by atoms with Gasteiger partial charge in [0.2, 0.25) is 11.8 Å². The van der Waals surface area contributed by atoms with Crippen molar-refractivity contribution in [3.8, 4) is 5.88 Å². The molecular formula is C12H15N3O2. The first-order valence-corrected chi connectivity index (χ1v) is 5.37. The Balaban J connectivity index is 2.01. The molecule has 0 aromatic carbocycles. The predicted octanol–water partition coefficient (Wildman–Crippen LogP) is 2.31. The van der Waals surface area contributed by atoms with Crippen molar-refractivity contribution in [1.29, 1.82) is 0 Å². The zero-order valence-corrected chi connectivity index (χ0v) is 10.2. The fourth-order valence-electron chi connectivity index (χ4n) is 1.41. The number of oxazole rings is 1. The van der Waals surface area contributed by atoms with E-state index in [9.17, 15) is 0 Å². The van der Waals surface area contributed by atoms with Gasteiger partial charge in [0, 0.05) is 6.07 Å². The van der Waals surface area contributed by atoms with E-state index in [1.54, 1.807) is 13.2 Å².